The van der Waals surface area contributed by atoms with Crippen LogP contribution >= 0.6 is 0 Å². The number of nitrogens with one attached hydrogen (secondary N) is 1. The summed E-state index contributed by atoms with van der Waals surface area (Å²) in [7, 11) is 0. The Kier molecular flexibility index (Phi) is 5.00. The molecule has 0 saturated heterocycles. The molecule has 2 rings (SSSR count). The smallest absolute Gasteiger partial charge is 0.127 e. The van der Waals surface area contributed by atoms with Gasteiger partial charge >= 0.3 is 0 Å². The van der Waals surface area contributed by atoms with Crippen molar-refractivity contribution in [2.45, 2.75) is 51.7 Å². The van der Waals surface area contributed by atoms with Gasteiger partial charge in [0.05, 0.1) is 6.10 Å². The minimum Gasteiger partial charge on any atom is -0.490 e. The van der Waals surface area contributed by atoms with Crippen LogP contribution in [-0.4, -0.2) is 12.6 Å². The third-order valence-corrected chi connectivity index (χ3v) is 3.37. The lowest BCUT2D eigenvalue weighted by atomic mass is 9.98. The molecular weight excluding hydrogens is 229 g/mol. The van der Waals surface area contributed by atoms with Gasteiger partial charge < -0.3 is 10.1 Å². The van der Waals surface area contributed by atoms with Gasteiger partial charge in [0.25, 0.3) is 0 Å². The van der Waals surface area contributed by atoms with Gasteiger partial charge in [0.2, 0.25) is 0 Å². The molecule has 0 heterocycles. The summed E-state index contributed by atoms with van der Waals surface area (Å²) in [4.78, 5) is 0. The second-order valence-electron chi connectivity index (χ2n) is 4.95. The van der Waals surface area contributed by atoms with Crippen molar-refractivity contribution >= 4 is 0 Å². The van der Waals surface area contributed by atoms with Crippen molar-refractivity contribution in [2.75, 3.05) is 6.54 Å². The van der Waals surface area contributed by atoms with E-state index in [1.165, 1.54) is 25.3 Å². The van der Waals surface area contributed by atoms with Gasteiger partial charge in [-0.1, -0.05) is 13.3 Å². The summed E-state index contributed by atoms with van der Waals surface area (Å²) in [6, 6.07) is 5.00. The van der Waals surface area contributed by atoms with Crippen LogP contribution in [0, 0.1) is 5.82 Å². The zero-order valence-electron chi connectivity index (χ0n) is 11.0. The summed E-state index contributed by atoms with van der Waals surface area (Å²) in [5.41, 5.74) is 0.947. The molecule has 3 heteroatoms. The molecule has 0 bridgehead atoms. The van der Waals surface area contributed by atoms with Gasteiger partial charge in [0, 0.05) is 12.6 Å². The molecule has 1 fully saturated rings. The van der Waals surface area contributed by atoms with E-state index in [4.69, 9.17) is 4.74 Å². The maximum absolute atomic E-state index is 13.5. The maximum atomic E-state index is 13.5. The lowest BCUT2D eigenvalue weighted by molar-refractivity contribution is 0.154. The first-order valence-electron chi connectivity index (χ1n) is 6.95. The highest BCUT2D eigenvalue weighted by Gasteiger charge is 2.15. The van der Waals surface area contributed by atoms with Gasteiger partial charge in [-0.05, 0) is 49.9 Å². The van der Waals surface area contributed by atoms with E-state index in [1.807, 2.05) is 13.0 Å². The Bertz CT molecular complexity index is 375. The fourth-order valence-electron chi connectivity index (χ4n) is 2.44. The Morgan fingerprint density at radius 2 is 2.00 bits per heavy atom. The van der Waals surface area contributed by atoms with Crippen molar-refractivity contribution < 1.29 is 9.13 Å². The summed E-state index contributed by atoms with van der Waals surface area (Å²) >= 11 is 0. The number of benzene rings is 1. The average Bonchev–Trinajstić information content (AvgIpc) is 2.37. The standard InChI is InChI=1S/C15H22FNO/c1-2-17-11-12-8-13(16)10-15(9-12)18-14-6-4-3-5-7-14/h8-10,14,17H,2-7,11H2,1H3. The summed E-state index contributed by atoms with van der Waals surface area (Å²) in [6.45, 7) is 3.61. The second-order valence-corrected chi connectivity index (χ2v) is 4.95. The zero-order valence-corrected chi connectivity index (χ0v) is 11.0. The quantitative estimate of drug-likeness (QED) is 0.862. The summed E-state index contributed by atoms with van der Waals surface area (Å²) in [5, 5.41) is 3.20. The number of hydrogen-bond donors (Lipinski definition) is 1. The van der Waals surface area contributed by atoms with E-state index in [2.05, 4.69) is 5.32 Å². The zero-order chi connectivity index (χ0) is 12.8. The average molecular weight is 251 g/mol. The van der Waals surface area contributed by atoms with E-state index >= 15 is 0 Å². The molecule has 1 N–H and O–H groups in total. The minimum atomic E-state index is -0.212. The van der Waals surface area contributed by atoms with Crippen LogP contribution in [-0.2, 0) is 6.54 Å². The minimum absolute atomic E-state index is 0.212. The van der Waals surface area contributed by atoms with Crippen molar-refractivity contribution in [3.8, 4) is 5.75 Å². The normalized spacial score (nSPS) is 16.8. The Balaban J connectivity index is 1.99. The fourth-order valence-corrected chi connectivity index (χ4v) is 2.44. The van der Waals surface area contributed by atoms with Crippen LogP contribution < -0.4 is 10.1 Å². The van der Waals surface area contributed by atoms with Gasteiger partial charge in [-0.3, -0.25) is 0 Å². The Morgan fingerprint density at radius 3 is 2.72 bits per heavy atom. The summed E-state index contributed by atoms with van der Waals surface area (Å²) in [5.74, 6) is 0.464. The van der Waals surface area contributed by atoms with Crippen molar-refractivity contribution in [3.63, 3.8) is 0 Å². The molecule has 0 aromatic heterocycles. The third-order valence-electron chi connectivity index (χ3n) is 3.37. The highest BCUT2D eigenvalue weighted by Crippen LogP contribution is 2.24. The monoisotopic (exact) mass is 251 g/mol. The molecule has 0 aliphatic heterocycles. The molecule has 0 spiro atoms. The number of rotatable bonds is 5. The van der Waals surface area contributed by atoms with Gasteiger partial charge in [0.1, 0.15) is 11.6 Å². The van der Waals surface area contributed by atoms with E-state index in [0.29, 0.717) is 12.3 Å². The second kappa shape index (κ2) is 6.74. The summed E-state index contributed by atoms with van der Waals surface area (Å²) < 4.78 is 19.4. The SMILES string of the molecule is CCNCc1cc(F)cc(OC2CCCCC2)c1. The van der Waals surface area contributed by atoms with Crippen molar-refractivity contribution in [1.82, 2.24) is 5.32 Å². The van der Waals surface area contributed by atoms with Crippen molar-refractivity contribution in [1.29, 1.82) is 0 Å². The van der Waals surface area contributed by atoms with Crippen molar-refractivity contribution in [2.24, 2.45) is 0 Å². The first-order valence-corrected chi connectivity index (χ1v) is 6.95. The molecule has 0 atom stereocenters. The molecule has 18 heavy (non-hydrogen) atoms. The molecule has 1 aliphatic carbocycles. The predicted octanol–water partition coefficient (Wildman–Crippen LogP) is 3.65. The highest BCUT2D eigenvalue weighted by atomic mass is 19.1. The van der Waals surface area contributed by atoms with Gasteiger partial charge in [-0.15, -0.1) is 0 Å². The van der Waals surface area contributed by atoms with Crippen molar-refractivity contribution in [3.05, 3.63) is 29.6 Å². The fraction of sp³-hybridized carbons (Fsp3) is 0.600. The van der Waals surface area contributed by atoms with Crippen LogP contribution in [0.1, 0.15) is 44.6 Å². The Hall–Kier alpha value is -1.09. The molecule has 0 radical (unpaired) electrons. The van der Waals surface area contributed by atoms with Crippen LogP contribution in [0.15, 0.2) is 18.2 Å². The van der Waals surface area contributed by atoms with Gasteiger partial charge in [-0.25, -0.2) is 4.39 Å². The molecule has 1 aliphatic rings. The number of ether oxygens (including phenoxy) is 1. The highest BCUT2D eigenvalue weighted by molar-refractivity contribution is 5.29. The van der Waals surface area contributed by atoms with E-state index in [-0.39, 0.29) is 11.9 Å². The van der Waals surface area contributed by atoms with Gasteiger partial charge in [-0.2, -0.15) is 0 Å². The molecule has 1 aromatic rings. The summed E-state index contributed by atoms with van der Waals surface area (Å²) in [6.07, 6.45) is 6.22. The molecule has 1 saturated carbocycles. The molecule has 0 unspecified atom stereocenters. The first-order chi connectivity index (χ1) is 8.78. The first kappa shape index (κ1) is 13.3. The van der Waals surface area contributed by atoms with Crippen LogP contribution in [0.3, 0.4) is 0 Å². The molecular formula is C15H22FNO. The lowest BCUT2D eigenvalue weighted by Gasteiger charge is -2.23. The largest absolute Gasteiger partial charge is 0.490 e. The van der Waals surface area contributed by atoms with Crippen LogP contribution in [0.4, 0.5) is 4.39 Å². The predicted molar refractivity (Wildman–Crippen MR) is 71.3 cm³/mol. The molecule has 1 aromatic carbocycles. The Labute approximate surface area is 109 Å². The van der Waals surface area contributed by atoms with Crippen LogP contribution in [0.25, 0.3) is 0 Å². The number of hydrogen-bond acceptors (Lipinski definition) is 2. The van der Waals surface area contributed by atoms with E-state index < -0.39 is 0 Å². The van der Waals surface area contributed by atoms with E-state index in [1.54, 1.807) is 6.07 Å². The number of halogens is 1. The molecule has 0 amide bonds. The van der Waals surface area contributed by atoms with E-state index in [9.17, 15) is 4.39 Å². The Morgan fingerprint density at radius 1 is 1.22 bits per heavy atom. The van der Waals surface area contributed by atoms with Crippen LogP contribution in [0.5, 0.6) is 5.75 Å². The maximum Gasteiger partial charge on any atom is 0.127 e. The third kappa shape index (κ3) is 3.98. The van der Waals surface area contributed by atoms with E-state index in [0.717, 1.165) is 24.9 Å². The topological polar surface area (TPSA) is 21.3 Å². The molecule has 2 nitrogen and oxygen atoms in total. The van der Waals surface area contributed by atoms with Crippen LogP contribution in [0.2, 0.25) is 0 Å². The van der Waals surface area contributed by atoms with Gasteiger partial charge in [0.15, 0.2) is 0 Å². The molecule has 100 valence electrons. The lowest BCUT2D eigenvalue weighted by Crippen LogP contribution is -2.20.